The van der Waals surface area contributed by atoms with Crippen LogP contribution in [0.3, 0.4) is 0 Å². The molecule has 0 atom stereocenters. The highest BCUT2D eigenvalue weighted by Crippen LogP contribution is 2.07. The van der Waals surface area contributed by atoms with E-state index in [1.54, 1.807) is 0 Å². The van der Waals surface area contributed by atoms with Gasteiger partial charge < -0.3 is 10.1 Å². The Kier molecular flexibility index (Phi) is 3.69. The van der Waals surface area contributed by atoms with Gasteiger partial charge in [0.1, 0.15) is 10.8 Å². The molecule has 16 heavy (non-hydrogen) atoms. The number of rotatable bonds is 2. The van der Waals surface area contributed by atoms with Crippen LogP contribution in [0.15, 0.2) is 12.4 Å². The fraction of sp³-hybridized carbons (Fsp3) is 0.500. The van der Waals surface area contributed by atoms with E-state index in [0.29, 0.717) is 13.2 Å². The van der Waals surface area contributed by atoms with Crippen molar-refractivity contribution in [1.82, 2.24) is 15.3 Å². The van der Waals surface area contributed by atoms with Gasteiger partial charge in [0.15, 0.2) is 0 Å². The quantitative estimate of drug-likeness (QED) is 0.840. The fourth-order valence-electron chi connectivity index (χ4n) is 1.53. The van der Waals surface area contributed by atoms with Crippen molar-refractivity contribution >= 4 is 17.5 Å². The Hall–Kier alpha value is -1.20. The first kappa shape index (κ1) is 11.3. The van der Waals surface area contributed by atoms with Crippen LogP contribution >= 0.6 is 11.6 Å². The summed E-state index contributed by atoms with van der Waals surface area (Å²) in [6.45, 7) is 1.38. The lowest BCUT2D eigenvalue weighted by Gasteiger charge is -2.22. The Bertz CT molecular complexity index is 363. The standard InChI is InChI=1S/C10H12ClN3O2/c11-9-6-12-8(5-13-9)10(15)14-7-1-3-16-4-2-7/h5-7H,1-4H2,(H,14,15). The molecule has 1 amide bonds. The van der Waals surface area contributed by atoms with Crippen LogP contribution < -0.4 is 5.32 Å². The molecule has 2 heterocycles. The zero-order valence-corrected chi connectivity index (χ0v) is 9.41. The van der Waals surface area contributed by atoms with Crippen LogP contribution in [0.4, 0.5) is 0 Å². The topological polar surface area (TPSA) is 64.1 Å². The van der Waals surface area contributed by atoms with Crippen molar-refractivity contribution in [3.63, 3.8) is 0 Å². The predicted molar refractivity (Wildman–Crippen MR) is 58.3 cm³/mol. The molecular formula is C10H12ClN3O2. The molecule has 86 valence electrons. The molecule has 1 fully saturated rings. The summed E-state index contributed by atoms with van der Waals surface area (Å²) in [5.41, 5.74) is 0.288. The summed E-state index contributed by atoms with van der Waals surface area (Å²) in [4.78, 5) is 19.4. The number of nitrogens with zero attached hydrogens (tertiary/aromatic N) is 2. The first-order valence-electron chi connectivity index (χ1n) is 5.12. The van der Waals surface area contributed by atoms with Crippen molar-refractivity contribution in [1.29, 1.82) is 0 Å². The molecule has 0 aromatic carbocycles. The lowest BCUT2D eigenvalue weighted by atomic mass is 10.1. The van der Waals surface area contributed by atoms with Gasteiger partial charge in [0.05, 0.1) is 12.4 Å². The summed E-state index contributed by atoms with van der Waals surface area (Å²) in [5, 5.41) is 3.17. The number of hydrogen-bond donors (Lipinski definition) is 1. The van der Waals surface area contributed by atoms with Gasteiger partial charge in [-0.1, -0.05) is 11.6 Å². The maximum Gasteiger partial charge on any atom is 0.271 e. The summed E-state index contributed by atoms with van der Waals surface area (Å²) in [6, 6.07) is 0.165. The number of aromatic nitrogens is 2. The number of carbonyl (C=O) groups excluding carboxylic acids is 1. The molecule has 0 saturated carbocycles. The van der Waals surface area contributed by atoms with Crippen LogP contribution in [0.2, 0.25) is 5.15 Å². The molecule has 1 aromatic rings. The second-order valence-electron chi connectivity index (χ2n) is 3.58. The summed E-state index contributed by atoms with van der Waals surface area (Å²) in [5.74, 6) is -0.212. The fourth-order valence-corrected chi connectivity index (χ4v) is 1.63. The number of nitrogens with one attached hydrogen (secondary N) is 1. The molecule has 5 nitrogen and oxygen atoms in total. The SMILES string of the molecule is O=C(NC1CCOCC1)c1cnc(Cl)cn1. The van der Waals surface area contributed by atoms with Gasteiger partial charge in [0.25, 0.3) is 5.91 Å². The van der Waals surface area contributed by atoms with E-state index in [-0.39, 0.29) is 22.8 Å². The molecule has 0 bridgehead atoms. The zero-order valence-electron chi connectivity index (χ0n) is 8.65. The summed E-state index contributed by atoms with van der Waals surface area (Å²) >= 11 is 5.59. The Balaban J connectivity index is 1.94. The van der Waals surface area contributed by atoms with E-state index in [0.717, 1.165) is 12.8 Å². The van der Waals surface area contributed by atoms with Gasteiger partial charge >= 0.3 is 0 Å². The van der Waals surface area contributed by atoms with Gasteiger partial charge in [-0.15, -0.1) is 0 Å². The van der Waals surface area contributed by atoms with Crippen molar-refractivity contribution in [3.8, 4) is 0 Å². The number of ether oxygens (including phenoxy) is 1. The molecule has 6 heteroatoms. The van der Waals surface area contributed by atoms with Gasteiger partial charge in [0.2, 0.25) is 0 Å². The largest absolute Gasteiger partial charge is 0.381 e. The highest BCUT2D eigenvalue weighted by atomic mass is 35.5. The van der Waals surface area contributed by atoms with Crippen LogP contribution in [-0.4, -0.2) is 35.1 Å². The number of hydrogen-bond acceptors (Lipinski definition) is 4. The minimum atomic E-state index is -0.212. The molecule has 1 aromatic heterocycles. The van der Waals surface area contributed by atoms with Crippen LogP contribution in [-0.2, 0) is 4.74 Å². The number of carbonyl (C=O) groups is 1. The molecular weight excluding hydrogens is 230 g/mol. The second kappa shape index (κ2) is 5.23. The third-order valence-corrected chi connectivity index (χ3v) is 2.60. The van der Waals surface area contributed by atoms with Crippen LogP contribution in [0, 0.1) is 0 Å². The van der Waals surface area contributed by atoms with Crippen molar-refractivity contribution in [2.75, 3.05) is 13.2 Å². The maximum atomic E-state index is 11.7. The van der Waals surface area contributed by atoms with Crippen LogP contribution in [0.5, 0.6) is 0 Å². The Labute approximate surface area is 98.2 Å². The molecule has 0 spiro atoms. The molecule has 1 aliphatic heterocycles. The van der Waals surface area contributed by atoms with Crippen molar-refractivity contribution in [2.24, 2.45) is 0 Å². The van der Waals surface area contributed by atoms with Crippen molar-refractivity contribution in [2.45, 2.75) is 18.9 Å². The molecule has 0 aliphatic carbocycles. The lowest BCUT2D eigenvalue weighted by molar-refractivity contribution is 0.0694. The molecule has 1 saturated heterocycles. The normalized spacial score (nSPS) is 17.1. The van der Waals surface area contributed by atoms with Gasteiger partial charge in [-0.2, -0.15) is 0 Å². The summed E-state index contributed by atoms with van der Waals surface area (Å²) in [7, 11) is 0. The monoisotopic (exact) mass is 241 g/mol. The molecule has 1 N–H and O–H groups in total. The third-order valence-electron chi connectivity index (χ3n) is 2.41. The highest BCUT2D eigenvalue weighted by molar-refractivity contribution is 6.29. The average Bonchev–Trinajstić information content (AvgIpc) is 2.31. The van der Waals surface area contributed by atoms with Gasteiger partial charge in [-0.05, 0) is 12.8 Å². The number of amides is 1. The third kappa shape index (κ3) is 2.90. The van der Waals surface area contributed by atoms with Gasteiger partial charge in [0, 0.05) is 19.3 Å². The van der Waals surface area contributed by atoms with Crippen molar-refractivity contribution in [3.05, 3.63) is 23.2 Å². The van der Waals surface area contributed by atoms with E-state index >= 15 is 0 Å². The van der Waals surface area contributed by atoms with E-state index < -0.39 is 0 Å². The predicted octanol–water partition coefficient (Wildman–Crippen LogP) is 1.04. The molecule has 0 unspecified atom stereocenters. The maximum absolute atomic E-state index is 11.7. The van der Waals surface area contributed by atoms with E-state index in [9.17, 15) is 4.79 Å². The van der Waals surface area contributed by atoms with Crippen LogP contribution in [0.1, 0.15) is 23.3 Å². The lowest BCUT2D eigenvalue weighted by Crippen LogP contribution is -2.39. The average molecular weight is 242 g/mol. The minimum absolute atomic E-state index is 0.165. The molecule has 2 rings (SSSR count). The molecule has 0 radical (unpaired) electrons. The molecule has 1 aliphatic rings. The first-order valence-corrected chi connectivity index (χ1v) is 5.49. The van der Waals surface area contributed by atoms with Crippen LogP contribution in [0.25, 0.3) is 0 Å². The van der Waals surface area contributed by atoms with E-state index in [4.69, 9.17) is 16.3 Å². The number of halogens is 1. The minimum Gasteiger partial charge on any atom is -0.381 e. The van der Waals surface area contributed by atoms with Gasteiger partial charge in [-0.3, -0.25) is 4.79 Å². The zero-order chi connectivity index (χ0) is 11.4. The van der Waals surface area contributed by atoms with E-state index in [1.165, 1.54) is 12.4 Å². The smallest absolute Gasteiger partial charge is 0.271 e. The highest BCUT2D eigenvalue weighted by Gasteiger charge is 2.17. The van der Waals surface area contributed by atoms with E-state index in [1.807, 2.05) is 0 Å². The summed E-state index contributed by atoms with van der Waals surface area (Å²) in [6.07, 6.45) is 4.41. The first-order chi connectivity index (χ1) is 7.75. The van der Waals surface area contributed by atoms with Crippen molar-refractivity contribution < 1.29 is 9.53 Å². The van der Waals surface area contributed by atoms with E-state index in [2.05, 4.69) is 15.3 Å². The Morgan fingerprint density at radius 1 is 1.38 bits per heavy atom. The Morgan fingerprint density at radius 3 is 2.75 bits per heavy atom. The van der Waals surface area contributed by atoms with Gasteiger partial charge in [-0.25, -0.2) is 9.97 Å². The Morgan fingerprint density at radius 2 is 2.12 bits per heavy atom. The summed E-state index contributed by atoms with van der Waals surface area (Å²) < 4.78 is 5.21. The second-order valence-corrected chi connectivity index (χ2v) is 3.97.